The fourth-order valence-electron chi connectivity index (χ4n) is 2.75. The zero-order chi connectivity index (χ0) is 14.1. The summed E-state index contributed by atoms with van der Waals surface area (Å²) in [6.45, 7) is 0. The van der Waals surface area contributed by atoms with Crippen LogP contribution < -0.4 is 0 Å². The van der Waals surface area contributed by atoms with Gasteiger partial charge in [0.05, 0.1) is 5.92 Å². The summed E-state index contributed by atoms with van der Waals surface area (Å²) in [7, 11) is 0. The van der Waals surface area contributed by atoms with E-state index in [2.05, 4.69) is 0 Å². The van der Waals surface area contributed by atoms with E-state index in [-0.39, 0.29) is 16.6 Å². The molecule has 4 nitrogen and oxygen atoms in total. The molecule has 3 rings (SSSR count). The van der Waals surface area contributed by atoms with E-state index in [0.717, 1.165) is 5.56 Å². The quantitative estimate of drug-likeness (QED) is 0.486. The first-order chi connectivity index (χ1) is 9.70. The average molecular weight is 267 g/mol. The Hall–Kier alpha value is -2.49. The van der Waals surface area contributed by atoms with Gasteiger partial charge in [-0.3, -0.25) is 14.9 Å². The van der Waals surface area contributed by atoms with Gasteiger partial charge in [0, 0.05) is 10.5 Å². The molecular weight excluding hydrogens is 254 g/mol. The first-order valence-corrected chi connectivity index (χ1v) is 6.48. The number of Topliss-reactive ketones (excluding diaryl/α,β-unsaturated/α-hetero) is 1. The first kappa shape index (κ1) is 12.5. The lowest BCUT2D eigenvalue weighted by molar-refractivity contribution is -0.498. The fraction of sp³-hybridized carbons (Fsp3) is 0.188. The standard InChI is InChI=1S/C16H13NO3/c18-16(12-9-5-2-6-10-12)14-13(15(14)17(19)20)11-7-3-1-4-8-11/h1-10,13-15H/t13-,14-,15+/m0/s1. The molecule has 1 aliphatic carbocycles. The van der Waals surface area contributed by atoms with Crippen molar-refractivity contribution in [3.05, 3.63) is 81.9 Å². The second kappa shape index (κ2) is 4.89. The van der Waals surface area contributed by atoms with Crippen molar-refractivity contribution in [3.63, 3.8) is 0 Å². The lowest BCUT2D eigenvalue weighted by Gasteiger charge is -1.98. The van der Waals surface area contributed by atoms with E-state index in [4.69, 9.17) is 0 Å². The van der Waals surface area contributed by atoms with Crippen LogP contribution in [0.5, 0.6) is 0 Å². The van der Waals surface area contributed by atoms with Gasteiger partial charge in [-0.05, 0) is 5.56 Å². The van der Waals surface area contributed by atoms with Crippen LogP contribution in [0.2, 0.25) is 0 Å². The third-order valence-corrected chi connectivity index (χ3v) is 3.77. The fourth-order valence-corrected chi connectivity index (χ4v) is 2.75. The summed E-state index contributed by atoms with van der Waals surface area (Å²) in [5.41, 5.74) is 1.41. The molecule has 0 saturated heterocycles. The molecule has 3 atom stereocenters. The third-order valence-electron chi connectivity index (χ3n) is 3.77. The highest BCUT2D eigenvalue weighted by molar-refractivity contribution is 6.01. The molecule has 0 amide bonds. The van der Waals surface area contributed by atoms with Crippen LogP contribution >= 0.6 is 0 Å². The summed E-state index contributed by atoms with van der Waals surface area (Å²) < 4.78 is 0. The highest BCUT2D eigenvalue weighted by atomic mass is 16.6. The molecule has 0 aliphatic heterocycles. The van der Waals surface area contributed by atoms with Crippen molar-refractivity contribution in [1.82, 2.24) is 0 Å². The lowest BCUT2D eigenvalue weighted by atomic mass is 10.0. The molecule has 0 unspecified atom stereocenters. The second-order valence-corrected chi connectivity index (χ2v) is 4.97. The maximum atomic E-state index is 12.4. The largest absolute Gasteiger partial charge is 0.294 e. The maximum Gasteiger partial charge on any atom is 0.231 e. The summed E-state index contributed by atoms with van der Waals surface area (Å²) >= 11 is 0. The van der Waals surface area contributed by atoms with Crippen LogP contribution in [0.4, 0.5) is 0 Å². The van der Waals surface area contributed by atoms with Crippen LogP contribution in [-0.4, -0.2) is 16.7 Å². The number of rotatable bonds is 4. The Morgan fingerprint density at radius 3 is 2.05 bits per heavy atom. The van der Waals surface area contributed by atoms with Crippen molar-refractivity contribution in [2.45, 2.75) is 12.0 Å². The Morgan fingerprint density at radius 2 is 1.50 bits per heavy atom. The highest BCUT2D eigenvalue weighted by Crippen LogP contribution is 2.51. The van der Waals surface area contributed by atoms with E-state index in [0.29, 0.717) is 5.56 Å². The number of hydrogen-bond donors (Lipinski definition) is 0. The van der Waals surface area contributed by atoms with Crippen molar-refractivity contribution in [2.75, 3.05) is 0 Å². The lowest BCUT2D eigenvalue weighted by Crippen LogP contribution is -2.10. The van der Waals surface area contributed by atoms with Crippen LogP contribution in [0, 0.1) is 16.0 Å². The van der Waals surface area contributed by atoms with Crippen molar-refractivity contribution in [1.29, 1.82) is 0 Å². The Kier molecular flexibility index (Phi) is 3.06. The number of ketones is 1. The molecule has 20 heavy (non-hydrogen) atoms. The normalized spacial score (nSPS) is 24.1. The molecule has 4 heteroatoms. The van der Waals surface area contributed by atoms with E-state index in [1.807, 2.05) is 36.4 Å². The predicted octanol–water partition coefficient (Wildman–Crippen LogP) is 2.93. The predicted molar refractivity (Wildman–Crippen MR) is 74.2 cm³/mol. The van der Waals surface area contributed by atoms with Crippen LogP contribution in [0.25, 0.3) is 0 Å². The van der Waals surface area contributed by atoms with Gasteiger partial charge in [-0.1, -0.05) is 60.7 Å². The molecule has 0 N–H and O–H groups in total. The van der Waals surface area contributed by atoms with Crippen molar-refractivity contribution >= 4 is 5.78 Å². The molecular formula is C16H13NO3. The summed E-state index contributed by atoms with van der Waals surface area (Å²) in [6, 6.07) is 17.2. The highest BCUT2D eigenvalue weighted by Gasteiger charge is 2.64. The number of nitrogens with zero attached hydrogens (tertiary/aromatic N) is 1. The molecule has 1 saturated carbocycles. The van der Waals surface area contributed by atoms with E-state index in [1.165, 1.54) is 0 Å². The Labute approximate surface area is 116 Å². The Balaban J connectivity index is 1.90. The van der Waals surface area contributed by atoms with Crippen molar-refractivity contribution in [2.24, 2.45) is 5.92 Å². The number of hydrogen-bond acceptors (Lipinski definition) is 3. The number of nitro groups is 1. The van der Waals surface area contributed by atoms with E-state index < -0.39 is 12.0 Å². The molecule has 0 bridgehead atoms. The molecule has 0 spiro atoms. The van der Waals surface area contributed by atoms with E-state index in [9.17, 15) is 14.9 Å². The van der Waals surface area contributed by atoms with Crippen molar-refractivity contribution < 1.29 is 9.72 Å². The van der Waals surface area contributed by atoms with Crippen LogP contribution in [0.3, 0.4) is 0 Å². The first-order valence-electron chi connectivity index (χ1n) is 6.48. The van der Waals surface area contributed by atoms with Crippen LogP contribution in [-0.2, 0) is 0 Å². The summed E-state index contributed by atoms with van der Waals surface area (Å²) in [5, 5.41) is 11.1. The van der Waals surface area contributed by atoms with Gasteiger partial charge >= 0.3 is 0 Å². The number of benzene rings is 2. The summed E-state index contributed by atoms with van der Waals surface area (Å²) in [4.78, 5) is 23.2. The SMILES string of the molecule is O=C(c1ccccc1)[C@H]1[C@H](c2ccccc2)[C@H]1[N+](=O)[O-]. The van der Waals surface area contributed by atoms with E-state index >= 15 is 0 Å². The minimum Gasteiger partial charge on any atom is -0.294 e. The van der Waals surface area contributed by atoms with Crippen LogP contribution in [0.15, 0.2) is 60.7 Å². The smallest absolute Gasteiger partial charge is 0.231 e. The number of carbonyl (C=O) groups is 1. The third kappa shape index (κ3) is 2.09. The van der Waals surface area contributed by atoms with Gasteiger partial charge in [-0.25, -0.2) is 0 Å². The minimum absolute atomic E-state index is 0.138. The molecule has 2 aromatic carbocycles. The van der Waals surface area contributed by atoms with Crippen molar-refractivity contribution in [3.8, 4) is 0 Å². The zero-order valence-electron chi connectivity index (χ0n) is 10.7. The molecule has 0 radical (unpaired) electrons. The summed E-state index contributed by atoms with van der Waals surface area (Å²) in [6.07, 6.45) is 0. The second-order valence-electron chi connectivity index (χ2n) is 4.97. The van der Waals surface area contributed by atoms with Gasteiger partial charge in [0.2, 0.25) is 6.04 Å². The molecule has 2 aromatic rings. The Morgan fingerprint density at radius 1 is 0.950 bits per heavy atom. The molecule has 0 aromatic heterocycles. The van der Waals surface area contributed by atoms with Gasteiger partial charge < -0.3 is 0 Å². The molecule has 0 heterocycles. The molecule has 100 valence electrons. The number of carbonyl (C=O) groups excluding carboxylic acids is 1. The zero-order valence-corrected chi connectivity index (χ0v) is 10.7. The Bertz CT molecular complexity index is 639. The van der Waals surface area contributed by atoms with Gasteiger partial charge in [0.15, 0.2) is 5.78 Å². The van der Waals surface area contributed by atoms with Gasteiger partial charge in [0.1, 0.15) is 5.92 Å². The molecule has 1 fully saturated rings. The van der Waals surface area contributed by atoms with Gasteiger partial charge in [-0.2, -0.15) is 0 Å². The summed E-state index contributed by atoms with van der Waals surface area (Å²) in [5.74, 6) is -0.991. The van der Waals surface area contributed by atoms with Gasteiger partial charge in [0.25, 0.3) is 0 Å². The topological polar surface area (TPSA) is 60.2 Å². The monoisotopic (exact) mass is 267 g/mol. The van der Waals surface area contributed by atoms with Gasteiger partial charge in [-0.15, -0.1) is 0 Å². The minimum atomic E-state index is -0.801. The molecule has 1 aliphatic rings. The van der Waals surface area contributed by atoms with E-state index in [1.54, 1.807) is 24.3 Å². The maximum absolute atomic E-state index is 12.4. The van der Waals surface area contributed by atoms with Crippen LogP contribution in [0.1, 0.15) is 21.8 Å². The average Bonchev–Trinajstić information content (AvgIpc) is 3.24.